The highest BCUT2D eigenvalue weighted by atomic mass is 14.3. The molecule has 0 heteroatoms. The SMILES string of the molecule is CC1=C(C(c2cc(C)cc(C)c2)c2cc(C)cc(C)c2)c2ccccc2C1. The molecule has 3 aromatic rings. The van der Waals surface area contributed by atoms with Crippen molar-refractivity contribution in [3.63, 3.8) is 0 Å². The van der Waals surface area contributed by atoms with E-state index < -0.39 is 0 Å². The summed E-state index contributed by atoms with van der Waals surface area (Å²) in [6.45, 7) is 11.1. The second-order valence-electron chi connectivity index (χ2n) is 8.30. The highest BCUT2D eigenvalue weighted by Gasteiger charge is 2.28. The van der Waals surface area contributed by atoms with Crippen molar-refractivity contribution in [3.8, 4) is 0 Å². The fourth-order valence-corrected chi connectivity index (χ4v) is 4.83. The maximum atomic E-state index is 2.37. The molecule has 0 saturated heterocycles. The number of hydrogen-bond donors (Lipinski definition) is 0. The molecule has 0 fully saturated rings. The molecule has 0 N–H and O–H groups in total. The van der Waals surface area contributed by atoms with Gasteiger partial charge in [-0.1, -0.05) is 88.5 Å². The number of aryl methyl sites for hydroxylation is 4. The van der Waals surface area contributed by atoms with Crippen LogP contribution in [-0.2, 0) is 6.42 Å². The van der Waals surface area contributed by atoms with E-state index in [2.05, 4.69) is 95.3 Å². The Morgan fingerprint density at radius 3 is 1.63 bits per heavy atom. The topological polar surface area (TPSA) is 0 Å². The van der Waals surface area contributed by atoms with Crippen molar-refractivity contribution < 1.29 is 0 Å². The van der Waals surface area contributed by atoms with Gasteiger partial charge in [0.05, 0.1) is 0 Å². The Morgan fingerprint density at radius 1 is 0.630 bits per heavy atom. The van der Waals surface area contributed by atoms with Crippen LogP contribution in [0.5, 0.6) is 0 Å². The average molecular weight is 353 g/mol. The summed E-state index contributed by atoms with van der Waals surface area (Å²) in [5.41, 5.74) is 14.1. The number of hydrogen-bond acceptors (Lipinski definition) is 0. The third-order valence-electron chi connectivity index (χ3n) is 5.67. The molecule has 3 aromatic carbocycles. The minimum atomic E-state index is 0.283. The maximum absolute atomic E-state index is 2.37. The summed E-state index contributed by atoms with van der Waals surface area (Å²) in [4.78, 5) is 0. The van der Waals surface area contributed by atoms with Gasteiger partial charge in [-0.15, -0.1) is 0 Å². The number of rotatable bonds is 3. The summed E-state index contributed by atoms with van der Waals surface area (Å²) in [7, 11) is 0. The Kier molecular flexibility index (Phi) is 4.52. The van der Waals surface area contributed by atoms with Crippen molar-refractivity contribution in [2.75, 3.05) is 0 Å². The first kappa shape index (κ1) is 17.8. The van der Waals surface area contributed by atoms with Gasteiger partial charge in [0.15, 0.2) is 0 Å². The minimum absolute atomic E-state index is 0.283. The molecular weight excluding hydrogens is 324 g/mol. The molecule has 4 rings (SSSR count). The molecule has 1 aliphatic carbocycles. The monoisotopic (exact) mass is 352 g/mol. The summed E-state index contributed by atoms with van der Waals surface area (Å²) in [5.74, 6) is 0.283. The number of benzene rings is 3. The fourth-order valence-electron chi connectivity index (χ4n) is 4.83. The average Bonchev–Trinajstić information content (AvgIpc) is 2.90. The molecule has 1 aliphatic rings. The predicted octanol–water partition coefficient (Wildman–Crippen LogP) is 7.08. The smallest absolute Gasteiger partial charge is 0.0345 e. The minimum Gasteiger partial charge on any atom is -0.0641 e. The van der Waals surface area contributed by atoms with E-state index in [4.69, 9.17) is 0 Å². The molecule has 27 heavy (non-hydrogen) atoms. The molecule has 0 radical (unpaired) electrons. The molecule has 0 bridgehead atoms. The molecule has 0 aliphatic heterocycles. The van der Waals surface area contributed by atoms with E-state index in [1.54, 1.807) is 0 Å². The van der Waals surface area contributed by atoms with E-state index in [0.29, 0.717) is 0 Å². The van der Waals surface area contributed by atoms with E-state index in [1.807, 2.05) is 0 Å². The predicted molar refractivity (Wildman–Crippen MR) is 116 cm³/mol. The van der Waals surface area contributed by atoms with Crippen LogP contribution in [-0.4, -0.2) is 0 Å². The van der Waals surface area contributed by atoms with Crippen LogP contribution < -0.4 is 0 Å². The van der Waals surface area contributed by atoms with E-state index in [-0.39, 0.29) is 5.92 Å². The number of fused-ring (bicyclic) bond motifs is 1. The maximum Gasteiger partial charge on any atom is 0.0345 e. The lowest BCUT2D eigenvalue weighted by atomic mass is 9.79. The van der Waals surface area contributed by atoms with Crippen molar-refractivity contribution in [3.05, 3.63) is 111 Å². The largest absolute Gasteiger partial charge is 0.0641 e. The second-order valence-corrected chi connectivity index (χ2v) is 8.30. The van der Waals surface area contributed by atoms with Crippen LogP contribution in [0.25, 0.3) is 5.57 Å². The zero-order chi connectivity index (χ0) is 19.1. The first-order chi connectivity index (χ1) is 12.9. The van der Waals surface area contributed by atoms with Crippen LogP contribution in [0.15, 0.2) is 66.2 Å². The third kappa shape index (κ3) is 3.37. The second kappa shape index (κ2) is 6.85. The summed E-state index contributed by atoms with van der Waals surface area (Å²) in [6.07, 6.45) is 1.07. The standard InChI is InChI=1S/C27H28/c1-17-10-18(2)13-23(12-17)27(24-14-19(3)11-20(4)15-24)26-21(5)16-22-8-6-7-9-25(22)26/h6-15,27H,16H2,1-5H3. The van der Waals surface area contributed by atoms with Gasteiger partial charge in [-0.2, -0.15) is 0 Å². The quantitative estimate of drug-likeness (QED) is 0.472. The normalized spacial score (nSPS) is 13.4. The first-order valence-corrected chi connectivity index (χ1v) is 9.86. The summed E-state index contributed by atoms with van der Waals surface area (Å²) in [6, 6.07) is 23.0. The highest BCUT2D eigenvalue weighted by molar-refractivity contribution is 5.83. The Labute approximate surface area is 163 Å². The Balaban J connectivity index is 1.98. The van der Waals surface area contributed by atoms with Crippen molar-refractivity contribution in [1.29, 1.82) is 0 Å². The van der Waals surface area contributed by atoms with Gasteiger partial charge in [-0.3, -0.25) is 0 Å². The molecule has 136 valence electrons. The van der Waals surface area contributed by atoms with E-state index in [0.717, 1.165) is 6.42 Å². The lowest BCUT2D eigenvalue weighted by molar-refractivity contribution is 1.02. The van der Waals surface area contributed by atoms with Gasteiger partial charge >= 0.3 is 0 Å². The van der Waals surface area contributed by atoms with Gasteiger partial charge in [0.1, 0.15) is 0 Å². The van der Waals surface area contributed by atoms with Gasteiger partial charge in [0, 0.05) is 5.92 Å². The molecule has 0 heterocycles. The molecule has 0 nitrogen and oxygen atoms in total. The Bertz CT molecular complexity index is 957. The zero-order valence-electron chi connectivity index (χ0n) is 17.1. The van der Waals surface area contributed by atoms with Crippen molar-refractivity contribution in [2.45, 2.75) is 47.0 Å². The van der Waals surface area contributed by atoms with E-state index in [9.17, 15) is 0 Å². The van der Waals surface area contributed by atoms with Crippen LogP contribution >= 0.6 is 0 Å². The number of allylic oxidation sites excluding steroid dienone is 2. The van der Waals surface area contributed by atoms with Crippen molar-refractivity contribution >= 4 is 5.57 Å². The van der Waals surface area contributed by atoms with Gasteiger partial charge in [-0.25, -0.2) is 0 Å². The lowest BCUT2D eigenvalue weighted by Crippen LogP contribution is -2.06. The van der Waals surface area contributed by atoms with Crippen LogP contribution in [0.4, 0.5) is 0 Å². The summed E-state index contributed by atoms with van der Waals surface area (Å²) >= 11 is 0. The molecule has 0 amide bonds. The molecule has 0 spiro atoms. The van der Waals surface area contributed by atoms with Gasteiger partial charge in [0.25, 0.3) is 0 Å². The highest BCUT2D eigenvalue weighted by Crippen LogP contribution is 2.46. The van der Waals surface area contributed by atoms with Gasteiger partial charge in [-0.05, 0) is 68.9 Å². The summed E-state index contributed by atoms with van der Waals surface area (Å²) in [5, 5.41) is 0. The lowest BCUT2D eigenvalue weighted by Gasteiger charge is -2.24. The fraction of sp³-hybridized carbons (Fsp3) is 0.259. The molecule has 0 atom stereocenters. The van der Waals surface area contributed by atoms with Crippen LogP contribution in [0.3, 0.4) is 0 Å². The van der Waals surface area contributed by atoms with E-state index in [1.165, 1.54) is 55.7 Å². The van der Waals surface area contributed by atoms with Crippen molar-refractivity contribution in [1.82, 2.24) is 0 Å². The van der Waals surface area contributed by atoms with Crippen molar-refractivity contribution in [2.24, 2.45) is 0 Å². The van der Waals surface area contributed by atoms with Crippen LogP contribution in [0.1, 0.15) is 57.3 Å². The molecular formula is C27H28. The van der Waals surface area contributed by atoms with Gasteiger partial charge in [0.2, 0.25) is 0 Å². The third-order valence-corrected chi connectivity index (χ3v) is 5.67. The van der Waals surface area contributed by atoms with Crippen LogP contribution in [0.2, 0.25) is 0 Å². The molecule has 0 aromatic heterocycles. The first-order valence-electron chi connectivity index (χ1n) is 9.86. The van der Waals surface area contributed by atoms with Crippen LogP contribution in [0, 0.1) is 27.7 Å². The summed E-state index contributed by atoms with van der Waals surface area (Å²) < 4.78 is 0. The van der Waals surface area contributed by atoms with E-state index >= 15 is 0 Å². The van der Waals surface area contributed by atoms with Gasteiger partial charge < -0.3 is 0 Å². The zero-order valence-corrected chi connectivity index (χ0v) is 17.1. The Morgan fingerprint density at radius 2 is 1.11 bits per heavy atom. The molecule has 0 unspecified atom stereocenters. The Hall–Kier alpha value is -2.60. The molecule has 0 saturated carbocycles.